The molecule has 1 aliphatic rings. The SMILES string of the molecule is O=c1ccn([C@H]2C=C[C@H](OC(c3ccccc3)(c3ccccc3)c3ccccc3)O2)c(=O)[nH]1. The summed E-state index contributed by atoms with van der Waals surface area (Å²) < 4.78 is 14.2. The van der Waals surface area contributed by atoms with E-state index in [4.69, 9.17) is 9.47 Å². The van der Waals surface area contributed by atoms with Crippen molar-refractivity contribution in [3.05, 3.63) is 153 Å². The molecule has 0 unspecified atom stereocenters. The van der Waals surface area contributed by atoms with Gasteiger partial charge in [-0.05, 0) is 28.8 Å². The molecule has 0 bridgehead atoms. The van der Waals surface area contributed by atoms with Gasteiger partial charge >= 0.3 is 5.69 Å². The molecule has 0 saturated heterocycles. The number of aromatic amines is 1. The van der Waals surface area contributed by atoms with Gasteiger partial charge in [0.15, 0.2) is 12.5 Å². The van der Waals surface area contributed by atoms with Crippen molar-refractivity contribution in [2.45, 2.75) is 18.1 Å². The van der Waals surface area contributed by atoms with Crippen LogP contribution < -0.4 is 11.2 Å². The summed E-state index contributed by atoms with van der Waals surface area (Å²) in [6, 6.07) is 31.2. The van der Waals surface area contributed by atoms with Gasteiger partial charge in [-0.3, -0.25) is 14.3 Å². The number of nitrogens with one attached hydrogen (secondary N) is 1. The van der Waals surface area contributed by atoms with E-state index in [1.165, 1.54) is 16.8 Å². The minimum Gasteiger partial charge on any atom is -0.328 e. The summed E-state index contributed by atoms with van der Waals surface area (Å²) in [5.74, 6) is 0. The molecule has 0 amide bonds. The fraction of sp³-hybridized carbons (Fsp3) is 0.111. The number of hydrogen-bond acceptors (Lipinski definition) is 4. The maximum absolute atomic E-state index is 12.2. The molecule has 0 aliphatic carbocycles. The fourth-order valence-corrected chi connectivity index (χ4v) is 4.16. The molecule has 1 aromatic heterocycles. The van der Waals surface area contributed by atoms with Gasteiger partial charge in [0.05, 0.1) is 0 Å². The van der Waals surface area contributed by atoms with Gasteiger partial charge in [-0.1, -0.05) is 91.0 Å². The highest BCUT2D eigenvalue weighted by Gasteiger charge is 2.41. The highest BCUT2D eigenvalue weighted by atomic mass is 16.7. The van der Waals surface area contributed by atoms with Gasteiger partial charge in [0, 0.05) is 12.3 Å². The predicted octanol–water partition coefficient (Wildman–Crippen LogP) is 3.96. The summed E-state index contributed by atoms with van der Waals surface area (Å²) in [7, 11) is 0. The third kappa shape index (κ3) is 3.98. The average molecular weight is 438 g/mol. The summed E-state index contributed by atoms with van der Waals surface area (Å²) in [5.41, 5.74) is 0.890. The van der Waals surface area contributed by atoms with E-state index in [2.05, 4.69) is 4.98 Å². The molecule has 6 nitrogen and oxygen atoms in total. The molecule has 3 aromatic carbocycles. The normalized spacial score (nSPS) is 17.8. The van der Waals surface area contributed by atoms with Crippen LogP contribution in [0.3, 0.4) is 0 Å². The Bertz CT molecular complexity index is 1270. The topological polar surface area (TPSA) is 73.3 Å². The largest absolute Gasteiger partial charge is 0.330 e. The molecule has 2 atom stereocenters. The summed E-state index contributed by atoms with van der Waals surface area (Å²) >= 11 is 0. The lowest BCUT2D eigenvalue weighted by Crippen LogP contribution is -2.37. The molecule has 0 radical (unpaired) electrons. The third-order valence-corrected chi connectivity index (χ3v) is 5.67. The summed E-state index contributed by atoms with van der Waals surface area (Å²) in [6.45, 7) is 0. The van der Waals surface area contributed by atoms with E-state index in [0.29, 0.717) is 0 Å². The van der Waals surface area contributed by atoms with E-state index in [1.54, 1.807) is 12.2 Å². The van der Waals surface area contributed by atoms with Crippen LogP contribution in [0, 0.1) is 0 Å². The van der Waals surface area contributed by atoms with Crippen molar-refractivity contribution in [3.63, 3.8) is 0 Å². The Morgan fingerprint density at radius 1 is 0.727 bits per heavy atom. The number of hydrogen-bond donors (Lipinski definition) is 1. The first kappa shape index (κ1) is 20.9. The second-order valence-electron chi connectivity index (χ2n) is 7.69. The molecule has 0 saturated carbocycles. The quantitative estimate of drug-likeness (QED) is 0.365. The Morgan fingerprint density at radius 2 is 1.24 bits per heavy atom. The minimum absolute atomic E-state index is 0.456. The second kappa shape index (κ2) is 8.86. The van der Waals surface area contributed by atoms with Crippen molar-refractivity contribution in [3.8, 4) is 0 Å². The van der Waals surface area contributed by atoms with Crippen LogP contribution in [0.2, 0.25) is 0 Å². The highest BCUT2D eigenvalue weighted by Crippen LogP contribution is 2.42. The lowest BCUT2D eigenvalue weighted by atomic mass is 9.80. The zero-order chi connectivity index (χ0) is 22.7. The molecule has 5 rings (SSSR count). The van der Waals surface area contributed by atoms with E-state index < -0.39 is 29.4 Å². The van der Waals surface area contributed by atoms with Gasteiger partial charge in [-0.25, -0.2) is 4.79 Å². The van der Waals surface area contributed by atoms with E-state index in [9.17, 15) is 9.59 Å². The van der Waals surface area contributed by atoms with E-state index in [1.807, 2.05) is 91.0 Å². The van der Waals surface area contributed by atoms with Gasteiger partial charge in [0.2, 0.25) is 0 Å². The maximum Gasteiger partial charge on any atom is 0.330 e. The molecule has 2 heterocycles. The Morgan fingerprint density at radius 3 is 1.73 bits per heavy atom. The van der Waals surface area contributed by atoms with Gasteiger partial charge in [0.1, 0.15) is 5.60 Å². The van der Waals surface area contributed by atoms with Crippen molar-refractivity contribution in [2.75, 3.05) is 0 Å². The van der Waals surface area contributed by atoms with Crippen LogP contribution in [0.15, 0.2) is 125 Å². The van der Waals surface area contributed by atoms with Gasteiger partial charge < -0.3 is 9.47 Å². The monoisotopic (exact) mass is 438 g/mol. The minimum atomic E-state index is -0.955. The first-order valence-electron chi connectivity index (χ1n) is 10.7. The van der Waals surface area contributed by atoms with Crippen molar-refractivity contribution in [2.24, 2.45) is 0 Å². The Hall–Kier alpha value is -4.00. The van der Waals surface area contributed by atoms with Crippen LogP contribution in [0.5, 0.6) is 0 Å². The Labute approximate surface area is 190 Å². The zero-order valence-corrected chi connectivity index (χ0v) is 17.7. The van der Waals surface area contributed by atoms with E-state index >= 15 is 0 Å². The van der Waals surface area contributed by atoms with Crippen LogP contribution in [0.25, 0.3) is 0 Å². The lowest BCUT2D eigenvalue weighted by Gasteiger charge is -2.37. The number of H-pyrrole nitrogens is 1. The Kier molecular flexibility index (Phi) is 5.60. The molecule has 0 spiro atoms. The fourth-order valence-electron chi connectivity index (χ4n) is 4.16. The molecule has 6 heteroatoms. The number of aromatic nitrogens is 2. The standard InChI is InChI=1S/C27H22N2O4/c30-23-18-19-29(26(31)28-23)24-16-17-25(32-24)33-27(20-10-4-1-5-11-20,21-12-6-2-7-13-21)22-14-8-3-9-15-22/h1-19,24-25H,(H,28,30,31)/t24-,25+/m1/s1. The number of nitrogens with zero attached hydrogens (tertiary/aromatic N) is 1. The van der Waals surface area contributed by atoms with Gasteiger partial charge in [-0.2, -0.15) is 0 Å². The zero-order valence-electron chi connectivity index (χ0n) is 17.7. The summed E-state index contributed by atoms with van der Waals surface area (Å²) in [5, 5.41) is 0. The third-order valence-electron chi connectivity index (χ3n) is 5.67. The highest BCUT2D eigenvalue weighted by molar-refractivity contribution is 5.47. The molecule has 0 fully saturated rings. The second-order valence-corrected chi connectivity index (χ2v) is 7.69. The van der Waals surface area contributed by atoms with Crippen molar-refractivity contribution in [1.29, 1.82) is 0 Å². The number of benzene rings is 3. The first-order valence-corrected chi connectivity index (χ1v) is 10.7. The van der Waals surface area contributed by atoms with Crippen LogP contribution >= 0.6 is 0 Å². The van der Waals surface area contributed by atoms with Crippen molar-refractivity contribution < 1.29 is 9.47 Å². The Balaban J connectivity index is 1.58. The molecule has 4 aromatic rings. The lowest BCUT2D eigenvalue weighted by molar-refractivity contribution is -0.180. The predicted molar refractivity (Wildman–Crippen MR) is 125 cm³/mol. The molecule has 33 heavy (non-hydrogen) atoms. The van der Waals surface area contributed by atoms with Crippen LogP contribution in [-0.2, 0) is 15.1 Å². The van der Waals surface area contributed by atoms with Crippen molar-refractivity contribution >= 4 is 0 Å². The van der Waals surface area contributed by atoms with Crippen LogP contribution in [0.4, 0.5) is 0 Å². The number of ether oxygens (including phenoxy) is 2. The maximum atomic E-state index is 12.2. The summed E-state index contributed by atoms with van der Waals surface area (Å²) in [6.07, 6.45) is 3.51. The molecule has 1 aliphatic heterocycles. The molecule has 1 N–H and O–H groups in total. The first-order chi connectivity index (χ1) is 16.2. The molecular formula is C27H22N2O4. The van der Waals surface area contributed by atoms with Gasteiger partial charge in [0.25, 0.3) is 5.56 Å². The van der Waals surface area contributed by atoms with Crippen molar-refractivity contribution in [1.82, 2.24) is 9.55 Å². The van der Waals surface area contributed by atoms with Crippen LogP contribution in [0.1, 0.15) is 22.9 Å². The number of rotatable bonds is 6. The van der Waals surface area contributed by atoms with Gasteiger partial charge in [-0.15, -0.1) is 0 Å². The summed E-state index contributed by atoms with van der Waals surface area (Å²) in [4.78, 5) is 25.9. The van der Waals surface area contributed by atoms with E-state index in [-0.39, 0.29) is 0 Å². The van der Waals surface area contributed by atoms with E-state index in [0.717, 1.165) is 16.7 Å². The smallest absolute Gasteiger partial charge is 0.328 e. The molecule has 164 valence electrons. The van der Waals surface area contributed by atoms with Crippen LogP contribution in [-0.4, -0.2) is 15.8 Å². The average Bonchev–Trinajstić information content (AvgIpc) is 3.32. The molecular weight excluding hydrogens is 416 g/mol.